The molecule has 0 bridgehead atoms. The molecule has 0 saturated carbocycles. The summed E-state index contributed by atoms with van der Waals surface area (Å²) in [6, 6.07) is 4.68. The van der Waals surface area contributed by atoms with Crippen molar-refractivity contribution in [2.45, 2.75) is 32.2 Å². The Bertz CT molecular complexity index is 873. The predicted molar refractivity (Wildman–Crippen MR) is 106 cm³/mol. The molecule has 0 aromatic heterocycles. The molecule has 1 aromatic rings. The SMILES string of the molecule is CCCNC(=O)CN(C)C(=O)CN1C(=O)N[C@@](C)(Cc2ccc3c(c2)OCO3)C1=O. The fourth-order valence-corrected chi connectivity index (χ4v) is 3.35. The lowest BCUT2D eigenvalue weighted by Crippen LogP contribution is -2.47. The Morgan fingerprint density at radius 2 is 2.00 bits per heavy atom. The second-order valence-corrected chi connectivity index (χ2v) is 7.62. The number of ether oxygens (including phenoxy) is 2. The zero-order valence-electron chi connectivity index (χ0n) is 17.3. The Kier molecular flexibility index (Phi) is 6.14. The normalized spacial score (nSPS) is 19.6. The highest BCUT2D eigenvalue weighted by Gasteiger charge is 2.48. The second kappa shape index (κ2) is 8.60. The van der Waals surface area contributed by atoms with Gasteiger partial charge in [0.25, 0.3) is 5.91 Å². The van der Waals surface area contributed by atoms with E-state index in [4.69, 9.17) is 9.47 Å². The number of nitrogens with one attached hydrogen (secondary N) is 2. The van der Waals surface area contributed by atoms with E-state index in [1.54, 1.807) is 25.1 Å². The topological polar surface area (TPSA) is 117 Å². The number of hydrogen-bond donors (Lipinski definition) is 2. The first-order chi connectivity index (χ1) is 14.2. The summed E-state index contributed by atoms with van der Waals surface area (Å²) in [5.41, 5.74) is -0.407. The van der Waals surface area contributed by atoms with Gasteiger partial charge in [-0.1, -0.05) is 13.0 Å². The minimum atomic E-state index is -1.19. The van der Waals surface area contributed by atoms with Crippen LogP contribution in [0.2, 0.25) is 0 Å². The van der Waals surface area contributed by atoms with Crippen LogP contribution in [0.3, 0.4) is 0 Å². The maximum absolute atomic E-state index is 12.9. The molecule has 10 nitrogen and oxygen atoms in total. The number of imide groups is 1. The molecule has 0 aliphatic carbocycles. The average Bonchev–Trinajstić information content (AvgIpc) is 3.24. The first-order valence-electron chi connectivity index (χ1n) is 9.77. The Labute approximate surface area is 174 Å². The third-order valence-corrected chi connectivity index (χ3v) is 5.01. The minimum absolute atomic E-state index is 0.142. The van der Waals surface area contributed by atoms with E-state index in [1.807, 2.05) is 6.92 Å². The minimum Gasteiger partial charge on any atom is -0.454 e. The third-order valence-electron chi connectivity index (χ3n) is 5.01. The molecule has 3 rings (SSSR count). The summed E-state index contributed by atoms with van der Waals surface area (Å²) in [6.07, 6.45) is 1.02. The molecule has 0 spiro atoms. The lowest BCUT2D eigenvalue weighted by Gasteiger charge is -2.23. The fourth-order valence-electron chi connectivity index (χ4n) is 3.35. The molecule has 30 heavy (non-hydrogen) atoms. The Hall–Kier alpha value is -3.30. The Balaban J connectivity index is 1.62. The van der Waals surface area contributed by atoms with Gasteiger partial charge in [0, 0.05) is 20.0 Å². The molecule has 1 atom stereocenters. The number of carbonyl (C=O) groups excluding carboxylic acids is 4. The third kappa shape index (κ3) is 4.47. The molecular formula is C20H26N4O6. The largest absolute Gasteiger partial charge is 0.454 e. The van der Waals surface area contributed by atoms with Gasteiger partial charge in [0.05, 0.1) is 6.54 Å². The van der Waals surface area contributed by atoms with Crippen LogP contribution in [0.1, 0.15) is 25.8 Å². The van der Waals surface area contributed by atoms with Crippen molar-refractivity contribution < 1.29 is 28.7 Å². The number of rotatable bonds is 8. The van der Waals surface area contributed by atoms with Gasteiger partial charge in [0.15, 0.2) is 11.5 Å². The average molecular weight is 418 g/mol. The van der Waals surface area contributed by atoms with Crippen molar-refractivity contribution in [3.05, 3.63) is 23.8 Å². The van der Waals surface area contributed by atoms with E-state index in [-0.39, 0.29) is 25.7 Å². The smallest absolute Gasteiger partial charge is 0.325 e. The summed E-state index contributed by atoms with van der Waals surface area (Å²) in [7, 11) is 1.46. The summed E-state index contributed by atoms with van der Waals surface area (Å²) in [5, 5.41) is 5.35. The number of carbonyl (C=O) groups is 4. The Morgan fingerprint density at radius 1 is 1.27 bits per heavy atom. The van der Waals surface area contributed by atoms with Crippen LogP contribution < -0.4 is 20.1 Å². The first kappa shape index (κ1) is 21.4. The standard InChI is InChI=1S/C20H26N4O6/c1-4-7-21-16(25)10-23(3)17(26)11-24-18(27)20(2,22-19(24)28)9-13-5-6-14-15(8-13)30-12-29-14/h5-6,8H,4,7,9-12H2,1-3H3,(H,21,25)(H,22,28)/t20-/m0/s1. The highest BCUT2D eigenvalue weighted by atomic mass is 16.7. The van der Waals surface area contributed by atoms with Gasteiger partial charge in [-0.15, -0.1) is 0 Å². The van der Waals surface area contributed by atoms with Crippen molar-refractivity contribution in [1.29, 1.82) is 0 Å². The van der Waals surface area contributed by atoms with Crippen LogP contribution in [0, 0.1) is 0 Å². The predicted octanol–water partition coefficient (Wildman–Crippen LogP) is 0.253. The molecule has 2 aliphatic rings. The first-order valence-corrected chi connectivity index (χ1v) is 9.77. The van der Waals surface area contributed by atoms with Crippen LogP contribution >= 0.6 is 0 Å². The van der Waals surface area contributed by atoms with Crippen LogP contribution in [-0.2, 0) is 20.8 Å². The maximum atomic E-state index is 12.9. The van der Waals surface area contributed by atoms with E-state index >= 15 is 0 Å². The number of hydrogen-bond acceptors (Lipinski definition) is 6. The quantitative estimate of drug-likeness (QED) is 0.585. The molecule has 5 amide bonds. The van der Waals surface area contributed by atoms with Crippen LogP contribution in [-0.4, -0.2) is 72.6 Å². The van der Waals surface area contributed by atoms with Gasteiger partial charge in [0.1, 0.15) is 12.1 Å². The summed E-state index contributed by atoms with van der Waals surface area (Å²) in [5.74, 6) is -0.0795. The number of urea groups is 1. The van der Waals surface area contributed by atoms with Crippen molar-refractivity contribution in [2.24, 2.45) is 0 Å². The molecule has 162 valence electrons. The van der Waals surface area contributed by atoms with Crippen molar-refractivity contribution in [3.63, 3.8) is 0 Å². The van der Waals surface area contributed by atoms with Crippen LogP contribution in [0.25, 0.3) is 0 Å². The molecule has 2 aliphatic heterocycles. The van der Waals surface area contributed by atoms with E-state index in [0.29, 0.717) is 18.0 Å². The van der Waals surface area contributed by atoms with E-state index in [2.05, 4.69) is 10.6 Å². The molecule has 2 heterocycles. The fraction of sp³-hybridized carbons (Fsp3) is 0.500. The molecule has 0 radical (unpaired) electrons. The van der Waals surface area contributed by atoms with Gasteiger partial charge >= 0.3 is 6.03 Å². The van der Waals surface area contributed by atoms with Crippen molar-refractivity contribution in [3.8, 4) is 11.5 Å². The Morgan fingerprint density at radius 3 is 2.73 bits per heavy atom. The molecule has 2 N–H and O–H groups in total. The monoisotopic (exact) mass is 418 g/mol. The summed E-state index contributed by atoms with van der Waals surface area (Å²) >= 11 is 0. The van der Waals surface area contributed by atoms with E-state index in [1.165, 1.54) is 11.9 Å². The number of likely N-dealkylation sites (N-methyl/N-ethyl adjacent to an activating group) is 1. The van der Waals surface area contributed by atoms with Crippen LogP contribution in [0.15, 0.2) is 18.2 Å². The van der Waals surface area contributed by atoms with Gasteiger partial charge in [0.2, 0.25) is 18.6 Å². The number of nitrogens with zero attached hydrogens (tertiary/aromatic N) is 2. The second-order valence-electron chi connectivity index (χ2n) is 7.62. The summed E-state index contributed by atoms with van der Waals surface area (Å²) < 4.78 is 10.6. The van der Waals surface area contributed by atoms with E-state index in [9.17, 15) is 19.2 Å². The van der Waals surface area contributed by atoms with Crippen LogP contribution in [0.4, 0.5) is 4.79 Å². The molecule has 1 fully saturated rings. The van der Waals surface area contributed by atoms with Gasteiger partial charge in [-0.25, -0.2) is 4.79 Å². The molecule has 1 saturated heterocycles. The van der Waals surface area contributed by atoms with Gasteiger partial charge in [-0.3, -0.25) is 19.3 Å². The van der Waals surface area contributed by atoms with Gasteiger partial charge < -0.3 is 25.0 Å². The van der Waals surface area contributed by atoms with Crippen molar-refractivity contribution >= 4 is 23.8 Å². The molecule has 0 unspecified atom stereocenters. The van der Waals surface area contributed by atoms with Crippen LogP contribution in [0.5, 0.6) is 11.5 Å². The summed E-state index contributed by atoms with van der Waals surface area (Å²) in [4.78, 5) is 51.6. The number of amides is 5. The number of benzene rings is 1. The number of fused-ring (bicyclic) bond motifs is 1. The van der Waals surface area contributed by atoms with Gasteiger partial charge in [-0.05, 0) is 31.0 Å². The summed E-state index contributed by atoms with van der Waals surface area (Å²) in [6.45, 7) is 3.63. The zero-order valence-corrected chi connectivity index (χ0v) is 17.3. The highest BCUT2D eigenvalue weighted by molar-refractivity contribution is 6.09. The van der Waals surface area contributed by atoms with Crippen molar-refractivity contribution in [1.82, 2.24) is 20.4 Å². The van der Waals surface area contributed by atoms with Crippen molar-refractivity contribution in [2.75, 3.05) is 33.5 Å². The molecule has 10 heteroatoms. The van der Waals surface area contributed by atoms with Gasteiger partial charge in [-0.2, -0.15) is 0 Å². The lowest BCUT2D eigenvalue weighted by atomic mass is 9.92. The highest BCUT2D eigenvalue weighted by Crippen LogP contribution is 2.34. The zero-order chi connectivity index (χ0) is 21.9. The molecular weight excluding hydrogens is 392 g/mol. The molecule has 1 aromatic carbocycles. The maximum Gasteiger partial charge on any atom is 0.325 e. The van der Waals surface area contributed by atoms with E-state index < -0.39 is 29.9 Å². The lowest BCUT2D eigenvalue weighted by molar-refractivity contribution is -0.139. The van der Waals surface area contributed by atoms with E-state index in [0.717, 1.165) is 16.9 Å².